The first-order chi connectivity index (χ1) is 14.2. The highest BCUT2D eigenvalue weighted by Gasteiger charge is 2.39. The second-order valence-electron chi connectivity index (χ2n) is 7.66. The first-order valence-corrected chi connectivity index (χ1v) is 9.42. The number of ether oxygens (including phenoxy) is 1. The lowest BCUT2D eigenvalue weighted by atomic mass is 10.0. The molecule has 0 unspecified atom stereocenters. The van der Waals surface area contributed by atoms with Crippen LogP contribution >= 0.6 is 0 Å². The molecule has 8 nitrogen and oxygen atoms in total. The molecule has 8 heteroatoms. The van der Waals surface area contributed by atoms with Crippen LogP contribution in [0.2, 0.25) is 0 Å². The van der Waals surface area contributed by atoms with E-state index in [4.69, 9.17) is 9.57 Å². The van der Waals surface area contributed by atoms with Gasteiger partial charge < -0.3 is 14.9 Å². The van der Waals surface area contributed by atoms with Crippen molar-refractivity contribution in [2.24, 2.45) is 0 Å². The maximum Gasteiger partial charge on any atom is 0.407 e. The van der Waals surface area contributed by atoms with Crippen LogP contribution in [-0.2, 0) is 16.0 Å². The van der Waals surface area contributed by atoms with E-state index >= 15 is 0 Å². The highest BCUT2D eigenvalue weighted by molar-refractivity contribution is 6.21. The highest BCUT2D eigenvalue weighted by Crippen LogP contribution is 2.24. The number of alkyl carbamates (subject to hydrolysis) is 1. The van der Waals surface area contributed by atoms with Gasteiger partial charge in [0.1, 0.15) is 5.60 Å². The number of nitrogens with one attached hydrogen (secondary N) is 1. The van der Waals surface area contributed by atoms with Crippen LogP contribution < -0.4 is 5.32 Å². The third-order valence-electron chi connectivity index (χ3n) is 4.23. The van der Waals surface area contributed by atoms with Crippen LogP contribution in [0.5, 0.6) is 0 Å². The number of fused-ring (bicyclic) bond motifs is 1. The molecule has 156 valence electrons. The van der Waals surface area contributed by atoms with E-state index in [0.29, 0.717) is 17.0 Å². The predicted molar refractivity (Wildman–Crippen MR) is 107 cm³/mol. The molecule has 1 aliphatic rings. The molecule has 0 fully saturated rings. The monoisotopic (exact) mass is 410 g/mol. The van der Waals surface area contributed by atoms with E-state index in [2.05, 4.69) is 5.32 Å². The Labute approximate surface area is 173 Å². The molecular formula is C22H22N2O6. The van der Waals surface area contributed by atoms with E-state index in [9.17, 15) is 19.2 Å². The number of hydrogen-bond donors (Lipinski definition) is 1. The maximum absolute atomic E-state index is 12.7. The van der Waals surface area contributed by atoms with Gasteiger partial charge in [-0.2, -0.15) is 0 Å². The Morgan fingerprint density at radius 3 is 2.10 bits per heavy atom. The molecule has 0 radical (unpaired) electrons. The average Bonchev–Trinajstić information content (AvgIpc) is 2.92. The Morgan fingerprint density at radius 1 is 0.933 bits per heavy atom. The van der Waals surface area contributed by atoms with Gasteiger partial charge >= 0.3 is 12.1 Å². The van der Waals surface area contributed by atoms with Crippen molar-refractivity contribution in [3.8, 4) is 0 Å². The molecule has 30 heavy (non-hydrogen) atoms. The van der Waals surface area contributed by atoms with Crippen molar-refractivity contribution >= 4 is 23.9 Å². The summed E-state index contributed by atoms with van der Waals surface area (Å²) < 4.78 is 5.17. The molecule has 2 aromatic carbocycles. The summed E-state index contributed by atoms with van der Waals surface area (Å²) >= 11 is 0. The third-order valence-corrected chi connectivity index (χ3v) is 4.23. The van der Waals surface area contributed by atoms with Gasteiger partial charge in [-0.15, -0.1) is 0 Å². The molecule has 0 aromatic heterocycles. The van der Waals surface area contributed by atoms with Gasteiger partial charge in [0, 0.05) is 6.54 Å². The largest absolute Gasteiger partial charge is 0.444 e. The SMILES string of the molecule is CC(C)(C)OC(=O)NCCc1ccccc1C(=O)ON1C(=O)c2ccccc2C1=O. The first kappa shape index (κ1) is 21.0. The fourth-order valence-corrected chi connectivity index (χ4v) is 2.93. The molecule has 1 heterocycles. The number of carbonyl (C=O) groups excluding carboxylic acids is 4. The van der Waals surface area contributed by atoms with Crippen molar-refractivity contribution < 1.29 is 28.8 Å². The average molecular weight is 410 g/mol. The lowest BCUT2D eigenvalue weighted by molar-refractivity contribution is -0.0585. The lowest BCUT2D eigenvalue weighted by Crippen LogP contribution is -2.34. The predicted octanol–water partition coefficient (Wildman–Crippen LogP) is 3.12. The molecule has 3 amide bonds. The van der Waals surface area contributed by atoms with Gasteiger partial charge in [0.15, 0.2) is 0 Å². The number of carbonyl (C=O) groups is 4. The number of hydroxylamine groups is 2. The van der Waals surface area contributed by atoms with Crippen LogP contribution in [0.1, 0.15) is 57.4 Å². The molecule has 3 rings (SSSR count). The highest BCUT2D eigenvalue weighted by atomic mass is 16.7. The maximum atomic E-state index is 12.7. The van der Waals surface area contributed by atoms with Crippen molar-refractivity contribution in [2.75, 3.05) is 6.54 Å². The Balaban J connectivity index is 1.66. The normalized spacial score (nSPS) is 13.1. The summed E-state index contributed by atoms with van der Waals surface area (Å²) in [6, 6.07) is 12.9. The summed E-state index contributed by atoms with van der Waals surface area (Å²) in [6.45, 7) is 5.51. The van der Waals surface area contributed by atoms with Crippen LogP contribution in [0, 0.1) is 0 Å². The fourth-order valence-electron chi connectivity index (χ4n) is 2.93. The smallest absolute Gasteiger partial charge is 0.407 e. The van der Waals surface area contributed by atoms with Gasteiger partial charge in [0.05, 0.1) is 16.7 Å². The Kier molecular flexibility index (Phi) is 5.86. The summed E-state index contributed by atoms with van der Waals surface area (Å²) in [6.07, 6.45) is -0.235. The topological polar surface area (TPSA) is 102 Å². The zero-order valence-electron chi connectivity index (χ0n) is 16.9. The summed E-state index contributed by atoms with van der Waals surface area (Å²) in [4.78, 5) is 54.3. The van der Waals surface area contributed by atoms with Crippen LogP contribution in [-0.4, -0.2) is 41.1 Å². The Hall–Kier alpha value is -3.68. The second kappa shape index (κ2) is 8.36. The molecular weight excluding hydrogens is 388 g/mol. The minimum atomic E-state index is -0.836. The number of amides is 3. The second-order valence-corrected chi connectivity index (χ2v) is 7.66. The van der Waals surface area contributed by atoms with Gasteiger partial charge in [-0.25, -0.2) is 9.59 Å². The quantitative estimate of drug-likeness (QED) is 0.760. The summed E-state index contributed by atoms with van der Waals surface area (Å²) in [7, 11) is 0. The molecule has 0 aliphatic carbocycles. The van der Waals surface area contributed by atoms with Crippen molar-refractivity contribution in [1.29, 1.82) is 0 Å². The van der Waals surface area contributed by atoms with Gasteiger partial charge in [-0.1, -0.05) is 35.4 Å². The minimum absolute atomic E-state index is 0.185. The summed E-state index contributed by atoms with van der Waals surface area (Å²) in [5.74, 6) is -2.21. The minimum Gasteiger partial charge on any atom is -0.444 e. The molecule has 0 saturated carbocycles. The van der Waals surface area contributed by atoms with Crippen LogP contribution in [0.3, 0.4) is 0 Å². The Bertz CT molecular complexity index is 974. The zero-order chi connectivity index (χ0) is 21.9. The zero-order valence-corrected chi connectivity index (χ0v) is 16.9. The molecule has 0 bridgehead atoms. The number of benzene rings is 2. The van der Waals surface area contributed by atoms with Crippen LogP contribution in [0.25, 0.3) is 0 Å². The van der Waals surface area contributed by atoms with E-state index < -0.39 is 29.5 Å². The Morgan fingerprint density at radius 2 is 1.50 bits per heavy atom. The molecule has 0 spiro atoms. The number of nitrogens with zero attached hydrogens (tertiary/aromatic N) is 1. The molecule has 2 aromatic rings. The summed E-state index contributed by atoms with van der Waals surface area (Å²) in [5, 5.41) is 3.10. The van der Waals surface area contributed by atoms with E-state index in [1.807, 2.05) is 0 Å². The lowest BCUT2D eigenvalue weighted by Gasteiger charge is -2.19. The van der Waals surface area contributed by atoms with Crippen molar-refractivity contribution in [1.82, 2.24) is 10.4 Å². The van der Waals surface area contributed by atoms with E-state index in [1.165, 1.54) is 18.2 Å². The van der Waals surface area contributed by atoms with Gasteiger partial charge in [0.2, 0.25) is 0 Å². The van der Waals surface area contributed by atoms with E-state index in [1.54, 1.807) is 51.1 Å². The van der Waals surface area contributed by atoms with Crippen molar-refractivity contribution in [3.63, 3.8) is 0 Å². The van der Waals surface area contributed by atoms with E-state index in [0.717, 1.165) is 0 Å². The fraction of sp³-hybridized carbons (Fsp3) is 0.273. The van der Waals surface area contributed by atoms with Crippen molar-refractivity contribution in [2.45, 2.75) is 32.8 Å². The number of imide groups is 1. The molecule has 0 atom stereocenters. The number of hydrogen-bond acceptors (Lipinski definition) is 6. The van der Waals surface area contributed by atoms with Gasteiger partial charge in [0.25, 0.3) is 11.8 Å². The molecule has 1 aliphatic heterocycles. The van der Waals surface area contributed by atoms with Crippen molar-refractivity contribution in [3.05, 3.63) is 70.8 Å². The van der Waals surface area contributed by atoms with Gasteiger partial charge in [-0.05, 0) is 51.0 Å². The number of rotatable bonds is 5. The molecule has 1 N–H and O–H groups in total. The third kappa shape index (κ3) is 4.65. The summed E-state index contributed by atoms with van der Waals surface area (Å²) in [5.41, 5.74) is 0.545. The standard InChI is InChI=1S/C22H22N2O6/c1-22(2,3)29-21(28)23-13-12-14-8-4-5-9-15(14)20(27)30-24-18(25)16-10-6-7-11-17(16)19(24)26/h4-11H,12-13H2,1-3H3,(H,23,28). The van der Waals surface area contributed by atoms with E-state index in [-0.39, 0.29) is 23.2 Å². The van der Waals surface area contributed by atoms with Crippen LogP contribution in [0.15, 0.2) is 48.5 Å². The van der Waals surface area contributed by atoms with Gasteiger partial charge in [-0.3, -0.25) is 9.59 Å². The first-order valence-electron chi connectivity index (χ1n) is 9.42. The van der Waals surface area contributed by atoms with Crippen LogP contribution in [0.4, 0.5) is 4.79 Å². The molecule has 0 saturated heterocycles.